The van der Waals surface area contributed by atoms with Gasteiger partial charge in [-0.05, 0) is 0 Å². The van der Waals surface area contributed by atoms with Gasteiger partial charge in [0.25, 0.3) is 0 Å². The van der Waals surface area contributed by atoms with Crippen LogP contribution in [0.15, 0.2) is 121 Å². The van der Waals surface area contributed by atoms with Gasteiger partial charge in [-0.15, -0.1) is 0 Å². The molecular weight excluding hydrogens is 623 g/mol. The van der Waals surface area contributed by atoms with Crippen molar-refractivity contribution in [1.82, 2.24) is 0 Å². The Labute approximate surface area is 191 Å². The third-order valence-corrected chi connectivity index (χ3v) is 9.62. The van der Waals surface area contributed by atoms with Crippen LogP contribution >= 0.6 is 34.8 Å². The standard InChI is InChI=1S/C24H21P.Au.3ClH/c1-5-13-21(14-6-1)25(22-15-7-2-8-16-22,23-17-9-3-10-18-23)24-19-11-4-12-20-24;;;;/h1-20,25H;;3*1H/q;+3;;;/p-3. The van der Waals surface area contributed by atoms with E-state index >= 15 is 0 Å². The predicted molar refractivity (Wildman–Crippen MR) is 130 cm³/mol. The Kier molecular flexibility index (Phi) is 8.85. The molecule has 154 valence electrons. The average Bonchev–Trinajstić information content (AvgIpc) is 2.77. The summed E-state index contributed by atoms with van der Waals surface area (Å²) in [5.74, 6) is 0. The topological polar surface area (TPSA) is 0 Å². The van der Waals surface area contributed by atoms with Crippen molar-refractivity contribution in [2.45, 2.75) is 0 Å². The van der Waals surface area contributed by atoms with Crippen LogP contribution < -0.4 is 21.2 Å². The van der Waals surface area contributed by atoms with E-state index in [1.54, 1.807) is 0 Å². The molecule has 0 saturated heterocycles. The molecule has 0 bridgehead atoms. The van der Waals surface area contributed by atoms with Crippen LogP contribution in [0.2, 0.25) is 0 Å². The monoisotopic (exact) mass is 642 g/mol. The molecule has 0 aliphatic carbocycles. The molecule has 0 aromatic heterocycles. The predicted octanol–water partition coefficient (Wildman–Crippen LogP) is 6.10. The van der Waals surface area contributed by atoms with Crippen molar-refractivity contribution in [3.8, 4) is 0 Å². The summed E-state index contributed by atoms with van der Waals surface area (Å²) >= 11 is -1.79. The Morgan fingerprint density at radius 2 is 0.552 bits per heavy atom. The summed E-state index contributed by atoms with van der Waals surface area (Å²) in [5.41, 5.74) is 0. The second kappa shape index (κ2) is 11.3. The zero-order chi connectivity index (χ0) is 20.5. The van der Waals surface area contributed by atoms with Crippen molar-refractivity contribution in [2.24, 2.45) is 0 Å². The maximum absolute atomic E-state index is 4.95. The Morgan fingerprint density at radius 3 is 0.724 bits per heavy atom. The van der Waals surface area contributed by atoms with Crippen molar-refractivity contribution >= 4 is 56.0 Å². The number of rotatable bonds is 4. The van der Waals surface area contributed by atoms with Crippen LogP contribution in [0.25, 0.3) is 0 Å². The average molecular weight is 644 g/mol. The van der Waals surface area contributed by atoms with E-state index in [9.17, 15) is 0 Å². The number of halogens is 3. The molecule has 4 aromatic carbocycles. The third kappa shape index (κ3) is 5.54. The zero-order valence-corrected chi connectivity index (χ0v) is 20.9. The van der Waals surface area contributed by atoms with Crippen LogP contribution in [-0.2, 0) is 15.2 Å². The molecule has 0 N–H and O–H groups in total. The van der Waals surface area contributed by atoms with Crippen LogP contribution in [0.1, 0.15) is 0 Å². The van der Waals surface area contributed by atoms with Crippen molar-refractivity contribution in [2.75, 3.05) is 0 Å². The molecule has 29 heavy (non-hydrogen) atoms. The van der Waals surface area contributed by atoms with Gasteiger partial charge in [0.1, 0.15) is 0 Å². The number of hydrogen-bond donors (Lipinski definition) is 0. The van der Waals surface area contributed by atoms with Gasteiger partial charge in [0, 0.05) is 0 Å². The van der Waals surface area contributed by atoms with Crippen LogP contribution in [0.4, 0.5) is 0 Å². The molecule has 0 aliphatic heterocycles. The van der Waals surface area contributed by atoms with Crippen molar-refractivity contribution in [3.05, 3.63) is 121 Å². The van der Waals surface area contributed by atoms with E-state index in [-0.39, 0.29) is 0 Å². The SMILES string of the molecule is [Cl][Au]([Cl])[Cl].c1ccc([PH](c2ccccc2)(c2ccccc2)c2ccccc2)cc1. The first-order valence-corrected chi connectivity index (χ1v) is 19.0. The third-order valence-electron chi connectivity index (χ3n) is 4.83. The molecular formula is C24H21AuCl3P. The molecule has 0 spiro atoms. The van der Waals surface area contributed by atoms with Crippen LogP contribution in [0.3, 0.4) is 0 Å². The molecule has 0 amide bonds. The van der Waals surface area contributed by atoms with Gasteiger partial charge >= 0.3 is 193 Å². The van der Waals surface area contributed by atoms with Crippen LogP contribution in [-0.4, -0.2) is 0 Å². The molecule has 0 saturated carbocycles. The van der Waals surface area contributed by atoms with Gasteiger partial charge in [0.2, 0.25) is 0 Å². The number of benzene rings is 4. The molecule has 0 atom stereocenters. The van der Waals surface area contributed by atoms with E-state index < -0.39 is 22.5 Å². The summed E-state index contributed by atoms with van der Waals surface area (Å²) in [6, 6.07) is 44.0. The first-order valence-electron chi connectivity index (χ1n) is 8.98. The molecule has 5 heteroatoms. The molecule has 4 aromatic rings. The molecule has 0 nitrogen and oxygen atoms in total. The fourth-order valence-electron chi connectivity index (χ4n) is 3.75. The van der Waals surface area contributed by atoms with Gasteiger partial charge in [-0.25, -0.2) is 0 Å². The summed E-state index contributed by atoms with van der Waals surface area (Å²) in [5, 5.41) is 5.66. The second-order valence-corrected chi connectivity index (χ2v) is 19.5. The minimum atomic E-state index is -2.30. The molecule has 0 fully saturated rings. The normalized spacial score (nSPS) is 11.8. The van der Waals surface area contributed by atoms with E-state index in [0.717, 1.165) is 0 Å². The Morgan fingerprint density at radius 1 is 0.379 bits per heavy atom. The quantitative estimate of drug-likeness (QED) is 0.186. The molecule has 4 rings (SSSR count). The van der Waals surface area contributed by atoms with E-state index in [0.29, 0.717) is 0 Å². The zero-order valence-electron chi connectivity index (χ0n) is 15.5. The van der Waals surface area contributed by atoms with Crippen LogP contribution in [0, 0.1) is 0 Å². The van der Waals surface area contributed by atoms with E-state index in [1.807, 2.05) is 0 Å². The molecule has 0 heterocycles. The van der Waals surface area contributed by atoms with Gasteiger partial charge in [-0.3, -0.25) is 0 Å². The van der Waals surface area contributed by atoms with Crippen LogP contribution in [0.5, 0.6) is 0 Å². The first-order chi connectivity index (χ1) is 14.2. The molecule has 0 aliphatic rings. The first kappa shape index (κ1) is 22.6. The van der Waals surface area contributed by atoms with Gasteiger partial charge in [0.05, 0.1) is 0 Å². The summed E-state index contributed by atoms with van der Waals surface area (Å²) in [6.45, 7) is 0. The fourth-order valence-corrected chi connectivity index (χ4v) is 8.52. The van der Waals surface area contributed by atoms with Crippen molar-refractivity contribution in [3.63, 3.8) is 0 Å². The van der Waals surface area contributed by atoms with Gasteiger partial charge in [0.15, 0.2) is 0 Å². The van der Waals surface area contributed by atoms with Gasteiger partial charge in [-0.1, -0.05) is 0 Å². The van der Waals surface area contributed by atoms with E-state index in [2.05, 4.69) is 121 Å². The fraction of sp³-hybridized carbons (Fsp3) is 0. The van der Waals surface area contributed by atoms with Gasteiger partial charge in [-0.2, -0.15) is 0 Å². The van der Waals surface area contributed by atoms with Gasteiger partial charge < -0.3 is 0 Å². The second-order valence-electron chi connectivity index (χ2n) is 6.34. The van der Waals surface area contributed by atoms with E-state index in [4.69, 9.17) is 27.6 Å². The maximum atomic E-state index is 4.95. The Hall–Kier alpha value is -1.08. The Bertz CT molecular complexity index is 815. The summed E-state index contributed by atoms with van der Waals surface area (Å²) in [6.07, 6.45) is 0. The molecule has 0 radical (unpaired) electrons. The van der Waals surface area contributed by atoms with Crippen molar-refractivity contribution < 1.29 is 15.2 Å². The summed E-state index contributed by atoms with van der Waals surface area (Å²) < 4.78 is 0. The summed E-state index contributed by atoms with van der Waals surface area (Å²) in [4.78, 5) is 0. The Balaban J connectivity index is 0.000000552. The summed E-state index contributed by atoms with van der Waals surface area (Å²) in [7, 11) is 12.6. The van der Waals surface area contributed by atoms with E-state index in [1.165, 1.54) is 21.2 Å². The number of hydrogen-bond acceptors (Lipinski definition) is 0. The minimum absolute atomic E-state index is 1.42. The van der Waals surface area contributed by atoms with Crippen molar-refractivity contribution in [1.29, 1.82) is 0 Å². The molecule has 0 unspecified atom stereocenters.